The lowest BCUT2D eigenvalue weighted by Gasteiger charge is -2.05. The summed E-state index contributed by atoms with van der Waals surface area (Å²) in [5, 5.41) is 12.4. The van der Waals surface area contributed by atoms with E-state index in [1.165, 1.54) is 19.3 Å². The smallest absolute Gasteiger partial charge is 0.121 e. The van der Waals surface area contributed by atoms with Crippen LogP contribution in [0.2, 0.25) is 0 Å². The third kappa shape index (κ3) is 2.05. The second-order valence-corrected chi connectivity index (χ2v) is 4.33. The number of aliphatic hydroxyl groups is 1. The molecule has 1 heterocycles. The lowest BCUT2D eigenvalue weighted by molar-refractivity contribution is 0.162. The van der Waals surface area contributed by atoms with Crippen LogP contribution < -0.4 is 0 Å². The first kappa shape index (κ1) is 8.20. The highest BCUT2D eigenvalue weighted by atomic mass is 32.1. The molecule has 0 aromatic carbocycles. The zero-order chi connectivity index (χ0) is 8.39. The van der Waals surface area contributed by atoms with E-state index in [-0.39, 0.29) is 6.10 Å². The van der Waals surface area contributed by atoms with Crippen LogP contribution in [0, 0.1) is 5.92 Å². The first-order chi connectivity index (χ1) is 5.86. The number of thiazole rings is 1. The van der Waals surface area contributed by atoms with Crippen LogP contribution in [0.4, 0.5) is 0 Å². The summed E-state index contributed by atoms with van der Waals surface area (Å²) in [6, 6.07) is 0. The molecule has 0 radical (unpaired) electrons. The monoisotopic (exact) mass is 183 g/mol. The molecule has 2 nitrogen and oxygen atoms in total. The molecule has 66 valence electrons. The highest BCUT2D eigenvalue weighted by Crippen LogP contribution is 2.35. The van der Waals surface area contributed by atoms with Crippen LogP contribution in [0.25, 0.3) is 0 Å². The van der Waals surface area contributed by atoms with Crippen molar-refractivity contribution >= 4 is 11.3 Å². The van der Waals surface area contributed by atoms with Gasteiger partial charge in [-0.15, -0.1) is 11.3 Å². The molecular weight excluding hydrogens is 170 g/mol. The molecule has 12 heavy (non-hydrogen) atoms. The zero-order valence-electron chi connectivity index (χ0n) is 6.94. The molecule has 0 spiro atoms. The largest absolute Gasteiger partial charge is 0.386 e. The topological polar surface area (TPSA) is 33.1 Å². The van der Waals surface area contributed by atoms with Gasteiger partial charge in [-0.1, -0.05) is 12.8 Å². The van der Waals surface area contributed by atoms with E-state index in [1.54, 1.807) is 17.5 Å². The highest BCUT2D eigenvalue weighted by molar-refractivity contribution is 7.09. The van der Waals surface area contributed by atoms with Crippen LogP contribution in [0.3, 0.4) is 0 Å². The van der Waals surface area contributed by atoms with Crippen molar-refractivity contribution < 1.29 is 5.11 Å². The van der Waals surface area contributed by atoms with Crippen LogP contribution in [0.1, 0.15) is 36.8 Å². The molecule has 2 rings (SSSR count). The second kappa shape index (κ2) is 3.54. The van der Waals surface area contributed by atoms with Gasteiger partial charge in [-0.3, -0.25) is 0 Å². The van der Waals surface area contributed by atoms with Gasteiger partial charge in [-0.25, -0.2) is 4.98 Å². The van der Waals surface area contributed by atoms with Crippen molar-refractivity contribution in [1.29, 1.82) is 0 Å². The van der Waals surface area contributed by atoms with Crippen molar-refractivity contribution in [3.8, 4) is 0 Å². The lowest BCUT2D eigenvalue weighted by atomic mass is 10.1. The van der Waals surface area contributed by atoms with E-state index in [0.717, 1.165) is 17.3 Å². The van der Waals surface area contributed by atoms with Gasteiger partial charge in [0, 0.05) is 11.6 Å². The minimum atomic E-state index is -0.314. The summed E-state index contributed by atoms with van der Waals surface area (Å²) in [5.41, 5.74) is 0. The van der Waals surface area contributed by atoms with Gasteiger partial charge in [0.2, 0.25) is 0 Å². The summed E-state index contributed by atoms with van der Waals surface area (Å²) in [5.74, 6) is 0.902. The Morgan fingerprint density at radius 1 is 1.67 bits per heavy atom. The highest BCUT2D eigenvalue weighted by Gasteiger charge is 2.22. The number of aromatic nitrogens is 1. The average molecular weight is 183 g/mol. The zero-order valence-corrected chi connectivity index (χ0v) is 7.76. The van der Waals surface area contributed by atoms with Crippen molar-refractivity contribution in [3.05, 3.63) is 16.6 Å². The summed E-state index contributed by atoms with van der Waals surface area (Å²) < 4.78 is 0. The Kier molecular flexibility index (Phi) is 2.42. The maximum absolute atomic E-state index is 9.63. The molecule has 1 aromatic heterocycles. The Hall–Kier alpha value is -0.410. The van der Waals surface area contributed by atoms with E-state index in [9.17, 15) is 5.11 Å². The third-order valence-electron chi connectivity index (χ3n) is 2.28. The minimum Gasteiger partial charge on any atom is -0.386 e. The van der Waals surface area contributed by atoms with E-state index in [4.69, 9.17) is 0 Å². The Bertz CT molecular complexity index is 231. The fraction of sp³-hybridized carbons (Fsp3) is 0.667. The maximum Gasteiger partial charge on any atom is 0.121 e. The number of rotatable bonds is 4. The SMILES string of the molecule is OC(CCC1CC1)c1nccs1. The molecule has 1 atom stereocenters. The molecular formula is C9H13NOS. The number of hydrogen-bond acceptors (Lipinski definition) is 3. The van der Waals surface area contributed by atoms with Crippen LogP contribution in [-0.2, 0) is 0 Å². The van der Waals surface area contributed by atoms with E-state index in [0.29, 0.717) is 0 Å². The maximum atomic E-state index is 9.63. The van der Waals surface area contributed by atoms with Crippen molar-refractivity contribution in [2.75, 3.05) is 0 Å². The quantitative estimate of drug-likeness (QED) is 0.777. The number of hydrogen-bond donors (Lipinski definition) is 1. The molecule has 1 fully saturated rings. The van der Waals surface area contributed by atoms with Crippen molar-refractivity contribution in [3.63, 3.8) is 0 Å². The first-order valence-corrected chi connectivity index (χ1v) is 5.31. The molecule has 3 heteroatoms. The Morgan fingerprint density at radius 2 is 2.50 bits per heavy atom. The summed E-state index contributed by atoms with van der Waals surface area (Å²) >= 11 is 1.54. The van der Waals surface area contributed by atoms with E-state index < -0.39 is 0 Å². The normalized spacial score (nSPS) is 19.4. The van der Waals surface area contributed by atoms with Gasteiger partial charge < -0.3 is 5.11 Å². The van der Waals surface area contributed by atoms with E-state index in [2.05, 4.69) is 4.98 Å². The Labute approximate surface area is 76.3 Å². The summed E-state index contributed by atoms with van der Waals surface area (Å²) in [4.78, 5) is 4.08. The van der Waals surface area contributed by atoms with Crippen molar-refractivity contribution in [2.45, 2.75) is 31.8 Å². The molecule has 1 aliphatic carbocycles. The van der Waals surface area contributed by atoms with Crippen LogP contribution in [0.5, 0.6) is 0 Å². The Morgan fingerprint density at radius 3 is 3.08 bits per heavy atom. The number of nitrogens with zero attached hydrogens (tertiary/aromatic N) is 1. The Balaban J connectivity index is 1.79. The van der Waals surface area contributed by atoms with Crippen LogP contribution in [0.15, 0.2) is 11.6 Å². The van der Waals surface area contributed by atoms with Gasteiger partial charge in [0.1, 0.15) is 11.1 Å². The predicted octanol–water partition coefficient (Wildman–Crippen LogP) is 2.37. The summed E-state index contributed by atoms with van der Waals surface area (Å²) in [6.07, 6.45) is 6.22. The van der Waals surface area contributed by atoms with Gasteiger partial charge in [0.15, 0.2) is 0 Å². The average Bonchev–Trinajstić information content (AvgIpc) is 2.74. The number of aliphatic hydroxyl groups excluding tert-OH is 1. The van der Waals surface area contributed by atoms with Crippen LogP contribution in [-0.4, -0.2) is 10.1 Å². The summed E-state index contributed by atoms with van der Waals surface area (Å²) in [7, 11) is 0. The van der Waals surface area contributed by atoms with Gasteiger partial charge in [0.25, 0.3) is 0 Å². The van der Waals surface area contributed by atoms with E-state index >= 15 is 0 Å². The van der Waals surface area contributed by atoms with Crippen LogP contribution >= 0.6 is 11.3 Å². The molecule has 0 aliphatic heterocycles. The fourth-order valence-electron chi connectivity index (χ4n) is 1.32. The van der Waals surface area contributed by atoms with Gasteiger partial charge in [-0.05, 0) is 18.8 Å². The van der Waals surface area contributed by atoms with Gasteiger partial charge in [0.05, 0.1) is 0 Å². The molecule has 0 amide bonds. The third-order valence-corrected chi connectivity index (χ3v) is 3.16. The van der Waals surface area contributed by atoms with Gasteiger partial charge >= 0.3 is 0 Å². The molecule has 1 aliphatic rings. The first-order valence-electron chi connectivity index (χ1n) is 4.43. The fourth-order valence-corrected chi connectivity index (χ4v) is 1.98. The lowest BCUT2D eigenvalue weighted by Crippen LogP contribution is -1.96. The molecule has 1 N–H and O–H groups in total. The molecule has 0 saturated heterocycles. The molecule has 1 unspecified atom stereocenters. The molecule has 0 bridgehead atoms. The van der Waals surface area contributed by atoms with Gasteiger partial charge in [-0.2, -0.15) is 0 Å². The van der Waals surface area contributed by atoms with Crippen molar-refractivity contribution in [1.82, 2.24) is 4.98 Å². The molecule has 1 saturated carbocycles. The summed E-state index contributed by atoms with van der Waals surface area (Å²) in [6.45, 7) is 0. The standard InChI is InChI=1S/C9H13NOS/c11-8(4-3-7-1-2-7)9-10-5-6-12-9/h5-8,11H,1-4H2. The second-order valence-electron chi connectivity index (χ2n) is 3.41. The molecule has 1 aromatic rings. The minimum absolute atomic E-state index is 0.314. The van der Waals surface area contributed by atoms with Crippen molar-refractivity contribution in [2.24, 2.45) is 5.92 Å². The van der Waals surface area contributed by atoms with E-state index in [1.807, 2.05) is 5.38 Å². The predicted molar refractivity (Wildman–Crippen MR) is 49.0 cm³/mol.